The van der Waals surface area contributed by atoms with Crippen molar-refractivity contribution in [3.05, 3.63) is 59.3 Å². The summed E-state index contributed by atoms with van der Waals surface area (Å²) >= 11 is 0. The monoisotopic (exact) mass is 434 g/mol. The van der Waals surface area contributed by atoms with E-state index in [1.165, 1.54) is 11.3 Å². The number of rotatable bonds is 4. The van der Waals surface area contributed by atoms with E-state index in [4.69, 9.17) is 4.74 Å². The molecule has 1 saturated carbocycles. The molecule has 1 heterocycles. The van der Waals surface area contributed by atoms with E-state index in [1.807, 2.05) is 43.3 Å². The fourth-order valence-electron chi connectivity index (χ4n) is 5.19. The van der Waals surface area contributed by atoms with Crippen LogP contribution in [0.15, 0.2) is 53.7 Å². The first kappa shape index (κ1) is 22.4. The third kappa shape index (κ3) is 4.25. The molecule has 1 fully saturated rings. The Morgan fingerprint density at radius 2 is 1.84 bits per heavy atom. The van der Waals surface area contributed by atoms with Crippen molar-refractivity contribution in [2.75, 3.05) is 7.05 Å². The number of carbonyl (C=O) groups excluding carboxylic acids is 2. The molecule has 1 aliphatic heterocycles. The van der Waals surface area contributed by atoms with Crippen molar-refractivity contribution in [2.45, 2.75) is 59.1 Å². The Labute approximate surface area is 190 Å². The number of benzene rings is 2. The standard InChI is InChI=1S/C27H34N2O3/c1-16(2)22-13-10-17(3)14-23(22)32-26(30)24-18(4)29(5)27(31)28-25(24)21-12-11-19-8-6-7-9-20(19)15-21/h6-9,11-12,15-17,22-23,25H,10,13-14H2,1-5H3,(H,28,31)/t17-,22+,23-,25?/m1/s1. The molecule has 2 aromatic rings. The number of carbonyl (C=O) groups is 2. The lowest BCUT2D eigenvalue weighted by Gasteiger charge is -2.38. The van der Waals surface area contributed by atoms with Crippen LogP contribution in [0.1, 0.15) is 58.6 Å². The second-order valence-electron chi connectivity index (χ2n) is 9.82. The van der Waals surface area contributed by atoms with Crippen molar-refractivity contribution < 1.29 is 14.3 Å². The van der Waals surface area contributed by atoms with Gasteiger partial charge >= 0.3 is 12.0 Å². The predicted molar refractivity (Wildman–Crippen MR) is 127 cm³/mol. The molecular formula is C27H34N2O3. The van der Waals surface area contributed by atoms with Crippen molar-refractivity contribution in [2.24, 2.45) is 17.8 Å². The molecule has 5 nitrogen and oxygen atoms in total. The summed E-state index contributed by atoms with van der Waals surface area (Å²) in [6, 6.07) is 13.4. The molecule has 2 aromatic carbocycles. The fourth-order valence-corrected chi connectivity index (χ4v) is 5.19. The maximum absolute atomic E-state index is 13.6. The summed E-state index contributed by atoms with van der Waals surface area (Å²) in [5.41, 5.74) is 2.04. The first-order chi connectivity index (χ1) is 15.3. The van der Waals surface area contributed by atoms with Crippen LogP contribution in [0.5, 0.6) is 0 Å². The number of ether oxygens (including phenoxy) is 1. The highest BCUT2D eigenvalue weighted by atomic mass is 16.5. The lowest BCUT2D eigenvalue weighted by molar-refractivity contribution is -0.151. The number of hydrogen-bond acceptors (Lipinski definition) is 3. The van der Waals surface area contributed by atoms with Crippen LogP contribution in [0.25, 0.3) is 10.8 Å². The van der Waals surface area contributed by atoms with Gasteiger partial charge in [0.15, 0.2) is 0 Å². The van der Waals surface area contributed by atoms with E-state index in [2.05, 4.69) is 32.2 Å². The highest BCUT2D eigenvalue weighted by Gasteiger charge is 2.39. The number of allylic oxidation sites excluding steroid dienone is 1. The van der Waals surface area contributed by atoms with Gasteiger partial charge in [-0.1, -0.05) is 63.6 Å². The van der Waals surface area contributed by atoms with Gasteiger partial charge in [0.05, 0.1) is 11.6 Å². The molecule has 32 heavy (non-hydrogen) atoms. The van der Waals surface area contributed by atoms with E-state index in [9.17, 15) is 9.59 Å². The number of amides is 2. The minimum atomic E-state index is -0.533. The summed E-state index contributed by atoms with van der Waals surface area (Å²) in [4.78, 5) is 27.7. The van der Waals surface area contributed by atoms with E-state index < -0.39 is 6.04 Å². The van der Waals surface area contributed by atoms with Crippen molar-refractivity contribution in [3.8, 4) is 0 Å². The van der Waals surface area contributed by atoms with Crippen molar-refractivity contribution in [3.63, 3.8) is 0 Å². The maximum atomic E-state index is 13.6. The smallest absolute Gasteiger partial charge is 0.338 e. The molecule has 0 spiro atoms. The highest BCUT2D eigenvalue weighted by molar-refractivity contribution is 5.95. The van der Waals surface area contributed by atoms with Crippen molar-refractivity contribution in [1.29, 1.82) is 0 Å². The predicted octanol–water partition coefficient (Wildman–Crippen LogP) is 5.81. The number of urea groups is 1. The van der Waals surface area contributed by atoms with Gasteiger partial charge in [0.1, 0.15) is 6.10 Å². The normalized spacial score (nSPS) is 26.4. The summed E-state index contributed by atoms with van der Waals surface area (Å²) in [6.07, 6.45) is 3.06. The first-order valence-electron chi connectivity index (χ1n) is 11.7. The molecule has 2 aliphatic rings. The molecule has 1 N–H and O–H groups in total. The number of hydrogen-bond donors (Lipinski definition) is 1. The largest absolute Gasteiger partial charge is 0.459 e. The summed E-state index contributed by atoms with van der Waals surface area (Å²) in [7, 11) is 1.69. The molecule has 0 aromatic heterocycles. The van der Waals surface area contributed by atoms with Crippen LogP contribution < -0.4 is 5.32 Å². The van der Waals surface area contributed by atoms with Gasteiger partial charge < -0.3 is 15.0 Å². The lowest BCUT2D eigenvalue weighted by atomic mass is 9.75. The lowest BCUT2D eigenvalue weighted by Crippen LogP contribution is -2.47. The Morgan fingerprint density at radius 3 is 2.56 bits per heavy atom. The second-order valence-corrected chi connectivity index (χ2v) is 9.82. The Hall–Kier alpha value is -2.82. The summed E-state index contributed by atoms with van der Waals surface area (Å²) in [6.45, 7) is 8.47. The molecule has 1 aliphatic carbocycles. The van der Waals surface area contributed by atoms with Crippen LogP contribution >= 0.6 is 0 Å². The topological polar surface area (TPSA) is 58.6 Å². The Balaban J connectivity index is 1.69. The average molecular weight is 435 g/mol. The van der Waals surface area contributed by atoms with Gasteiger partial charge in [-0.2, -0.15) is 0 Å². The van der Waals surface area contributed by atoms with Crippen LogP contribution in [0.4, 0.5) is 4.79 Å². The fraction of sp³-hybridized carbons (Fsp3) is 0.481. The maximum Gasteiger partial charge on any atom is 0.338 e. The SMILES string of the molecule is CC1=C(C(=O)O[C@@H]2C[C@H](C)CC[C@H]2C(C)C)C(c2ccc3ccccc3c2)NC(=O)N1C. The zero-order chi connectivity index (χ0) is 23.0. The number of esters is 1. The quantitative estimate of drug-likeness (QED) is 0.618. The molecule has 4 rings (SSSR count). The van der Waals surface area contributed by atoms with E-state index in [1.54, 1.807) is 7.05 Å². The molecule has 4 atom stereocenters. The summed E-state index contributed by atoms with van der Waals surface area (Å²) < 4.78 is 6.19. The van der Waals surface area contributed by atoms with Crippen LogP contribution in [-0.4, -0.2) is 30.1 Å². The van der Waals surface area contributed by atoms with Gasteiger partial charge in [0.2, 0.25) is 0 Å². The minimum absolute atomic E-state index is 0.0910. The first-order valence-corrected chi connectivity index (χ1v) is 11.7. The zero-order valence-electron chi connectivity index (χ0n) is 19.7. The van der Waals surface area contributed by atoms with Crippen LogP contribution in [0, 0.1) is 17.8 Å². The van der Waals surface area contributed by atoms with Crippen LogP contribution in [-0.2, 0) is 9.53 Å². The highest BCUT2D eigenvalue weighted by Crippen LogP contribution is 2.38. The van der Waals surface area contributed by atoms with Gasteiger partial charge in [-0.3, -0.25) is 0 Å². The number of nitrogens with zero attached hydrogens (tertiary/aromatic N) is 1. The average Bonchev–Trinajstić information content (AvgIpc) is 2.76. The molecule has 0 bridgehead atoms. The van der Waals surface area contributed by atoms with Gasteiger partial charge in [-0.25, -0.2) is 9.59 Å². The molecule has 0 saturated heterocycles. The van der Waals surface area contributed by atoms with Gasteiger partial charge in [0.25, 0.3) is 0 Å². The third-order valence-corrected chi connectivity index (χ3v) is 7.30. The van der Waals surface area contributed by atoms with Gasteiger partial charge in [-0.15, -0.1) is 0 Å². The molecule has 1 unspecified atom stereocenters. The van der Waals surface area contributed by atoms with E-state index in [0.29, 0.717) is 29.0 Å². The zero-order valence-corrected chi connectivity index (χ0v) is 19.7. The third-order valence-electron chi connectivity index (χ3n) is 7.30. The van der Waals surface area contributed by atoms with E-state index in [0.717, 1.165) is 29.2 Å². The Kier molecular flexibility index (Phi) is 6.27. The summed E-state index contributed by atoms with van der Waals surface area (Å²) in [5, 5.41) is 5.21. The Bertz CT molecular complexity index is 1060. The van der Waals surface area contributed by atoms with Crippen molar-refractivity contribution in [1.82, 2.24) is 10.2 Å². The number of fused-ring (bicyclic) bond motifs is 1. The molecule has 0 radical (unpaired) electrons. The molecular weight excluding hydrogens is 400 g/mol. The van der Waals surface area contributed by atoms with E-state index >= 15 is 0 Å². The van der Waals surface area contributed by atoms with E-state index in [-0.39, 0.29) is 18.1 Å². The van der Waals surface area contributed by atoms with Gasteiger partial charge in [-0.05, 0) is 59.9 Å². The molecule has 5 heteroatoms. The molecule has 170 valence electrons. The number of nitrogens with one attached hydrogen (secondary N) is 1. The van der Waals surface area contributed by atoms with Crippen LogP contribution in [0.2, 0.25) is 0 Å². The molecule has 2 amide bonds. The van der Waals surface area contributed by atoms with Gasteiger partial charge in [0, 0.05) is 12.7 Å². The van der Waals surface area contributed by atoms with Crippen LogP contribution in [0.3, 0.4) is 0 Å². The second kappa shape index (κ2) is 8.97. The van der Waals surface area contributed by atoms with Crippen molar-refractivity contribution >= 4 is 22.8 Å². The minimum Gasteiger partial charge on any atom is -0.459 e. The summed E-state index contributed by atoms with van der Waals surface area (Å²) in [5.74, 6) is 1.05. The Morgan fingerprint density at radius 1 is 1.12 bits per heavy atom.